The number of para-hydroxylation sites is 3. The number of tetrazole rings is 1. The molecule has 2 heterocycles. The molecule has 0 aliphatic carbocycles. The van der Waals surface area contributed by atoms with Gasteiger partial charge in [0.15, 0.2) is 0 Å². The van der Waals surface area contributed by atoms with E-state index in [2.05, 4.69) is 20.8 Å². The standard InChI is InChI=1S/C20H21N7O2/c1-14-12-18(28)21-16-10-6-7-11-17(16)26(14)19(29)13-25(2)20-22-23-24-27(20)15-8-4-3-5-9-15/h3-11,14H,12-13H2,1-2H3,(H,21,28). The number of hydrogen-bond acceptors (Lipinski definition) is 6. The summed E-state index contributed by atoms with van der Waals surface area (Å²) in [5.41, 5.74) is 2.12. The number of benzene rings is 2. The maximum absolute atomic E-state index is 13.3. The first kappa shape index (κ1) is 18.6. The van der Waals surface area contributed by atoms with E-state index in [0.717, 1.165) is 5.69 Å². The van der Waals surface area contributed by atoms with Gasteiger partial charge in [0.25, 0.3) is 5.95 Å². The summed E-state index contributed by atoms with van der Waals surface area (Å²) < 4.78 is 1.58. The number of fused-ring (bicyclic) bond motifs is 1. The largest absolute Gasteiger partial charge is 0.333 e. The van der Waals surface area contributed by atoms with Crippen LogP contribution in [0.3, 0.4) is 0 Å². The number of likely N-dealkylation sites (N-methyl/N-ethyl adjacent to an activating group) is 1. The molecular weight excluding hydrogens is 370 g/mol. The minimum atomic E-state index is -0.273. The lowest BCUT2D eigenvalue weighted by Gasteiger charge is -2.29. The van der Waals surface area contributed by atoms with Crippen LogP contribution >= 0.6 is 0 Å². The number of aromatic nitrogens is 4. The van der Waals surface area contributed by atoms with E-state index in [9.17, 15) is 9.59 Å². The Morgan fingerprint density at radius 2 is 1.90 bits per heavy atom. The maximum Gasteiger partial charge on any atom is 0.250 e. The predicted octanol–water partition coefficient (Wildman–Crippen LogP) is 1.86. The molecule has 1 atom stereocenters. The Kier molecular flexibility index (Phi) is 4.94. The smallest absolute Gasteiger partial charge is 0.250 e. The minimum Gasteiger partial charge on any atom is -0.333 e. The molecule has 0 spiro atoms. The topological polar surface area (TPSA) is 96.2 Å². The molecule has 2 aromatic carbocycles. The highest BCUT2D eigenvalue weighted by molar-refractivity contribution is 6.05. The number of carbonyl (C=O) groups is 2. The zero-order chi connectivity index (χ0) is 20.4. The highest BCUT2D eigenvalue weighted by Gasteiger charge is 2.30. The van der Waals surface area contributed by atoms with Gasteiger partial charge in [-0.3, -0.25) is 9.59 Å². The van der Waals surface area contributed by atoms with Crippen molar-refractivity contribution in [2.45, 2.75) is 19.4 Å². The molecule has 0 radical (unpaired) electrons. The normalized spacial score (nSPS) is 16.0. The second kappa shape index (κ2) is 7.70. The Morgan fingerprint density at radius 1 is 1.17 bits per heavy atom. The van der Waals surface area contributed by atoms with E-state index in [4.69, 9.17) is 0 Å². The van der Waals surface area contributed by atoms with Gasteiger partial charge in [-0.2, -0.15) is 4.68 Å². The molecule has 3 aromatic rings. The summed E-state index contributed by atoms with van der Waals surface area (Å²) in [5, 5.41) is 14.7. The third-order valence-corrected chi connectivity index (χ3v) is 4.80. The lowest BCUT2D eigenvalue weighted by atomic mass is 10.1. The fourth-order valence-electron chi connectivity index (χ4n) is 3.47. The molecule has 29 heavy (non-hydrogen) atoms. The summed E-state index contributed by atoms with van der Waals surface area (Å²) in [6, 6.07) is 16.5. The van der Waals surface area contributed by atoms with Gasteiger partial charge in [0, 0.05) is 19.5 Å². The van der Waals surface area contributed by atoms with Gasteiger partial charge in [-0.25, -0.2) is 0 Å². The van der Waals surface area contributed by atoms with Crippen LogP contribution in [0.15, 0.2) is 54.6 Å². The SMILES string of the molecule is CC1CC(=O)Nc2ccccc2N1C(=O)CN(C)c1nnnn1-c1ccccc1. The van der Waals surface area contributed by atoms with Crippen LogP contribution in [0, 0.1) is 0 Å². The van der Waals surface area contributed by atoms with Crippen LogP contribution in [0.25, 0.3) is 5.69 Å². The third kappa shape index (κ3) is 3.66. The average molecular weight is 391 g/mol. The first-order chi connectivity index (χ1) is 14.0. The highest BCUT2D eigenvalue weighted by Crippen LogP contribution is 2.31. The molecule has 1 unspecified atom stereocenters. The molecule has 2 amide bonds. The Balaban J connectivity index is 1.60. The van der Waals surface area contributed by atoms with E-state index in [0.29, 0.717) is 17.3 Å². The van der Waals surface area contributed by atoms with Crippen molar-refractivity contribution in [3.63, 3.8) is 0 Å². The maximum atomic E-state index is 13.3. The van der Waals surface area contributed by atoms with Gasteiger partial charge in [0.05, 0.1) is 17.1 Å². The van der Waals surface area contributed by atoms with Gasteiger partial charge >= 0.3 is 0 Å². The Morgan fingerprint density at radius 3 is 2.69 bits per heavy atom. The van der Waals surface area contributed by atoms with E-state index in [-0.39, 0.29) is 30.8 Å². The van der Waals surface area contributed by atoms with Crippen LogP contribution < -0.4 is 15.1 Å². The zero-order valence-electron chi connectivity index (χ0n) is 16.2. The Bertz CT molecular complexity index is 1030. The number of rotatable bonds is 4. The molecular formula is C20H21N7O2. The van der Waals surface area contributed by atoms with E-state index in [1.165, 1.54) is 0 Å². The summed E-state index contributed by atoms with van der Waals surface area (Å²) in [7, 11) is 1.76. The molecule has 1 aliphatic rings. The number of amides is 2. The molecule has 0 bridgehead atoms. The minimum absolute atomic E-state index is 0.0556. The van der Waals surface area contributed by atoms with Crippen LogP contribution in [0.1, 0.15) is 13.3 Å². The Hall–Kier alpha value is -3.75. The fourth-order valence-corrected chi connectivity index (χ4v) is 3.47. The van der Waals surface area contributed by atoms with Crippen molar-refractivity contribution in [1.29, 1.82) is 0 Å². The van der Waals surface area contributed by atoms with Crippen molar-refractivity contribution in [3.8, 4) is 5.69 Å². The molecule has 0 fully saturated rings. The molecule has 1 N–H and O–H groups in total. The van der Waals surface area contributed by atoms with Crippen LogP contribution in [-0.4, -0.2) is 51.7 Å². The molecule has 0 saturated carbocycles. The quantitative estimate of drug-likeness (QED) is 0.729. The summed E-state index contributed by atoms with van der Waals surface area (Å²) in [4.78, 5) is 28.8. The first-order valence-corrected chi connectivity index (χ1v) is 9.30. The number of carbonyl (C=O) groups excluding carboxylic acids is 2. The van der Waals surface area contributed by atoms with Crippen molar-refractivity contribution in [2.24, 2.45) is 0 Å². The second-order valence-electron chi connectivity index (χ2n) is 6.96. The third-order valence-electron chi connectivity index (χ3n) is 4.80. The van der Waals surface area contributed by atoms with Gasteiger partial charge < -0.3 is 15.1 Å². The van der Waals surface area contributed by atoms with Crippen LogP contribution in [0.5, 0.6) is 0 Å². The van der Waals surface area contributed by atoms with Gasteiger partial charge in [0.1, 0.15) is 6.54 Å². The number of anilines is 3. The molecule has 1 aliphatic heterocycles. The molecule has 9 heteroatoms. The predicted molar refractivity (Wildman–Crippen MR) is 109 cm³/mol. The van der Waals surface area contributed by atoms with Crippen LogP contribution in [-0.2, 0) is 9.59 Å². The number of nitrogens with one attached hydrogen (secondary N) is 1. The van der Waals surface area contributed by atoms with E-state index in [1.807, 2.05) is 55.5 Å². The molecule has 148 valence electrons. The summed E-state index contributed by atoms with van der Waals surface area (Å²) in [5.74, 6) is 0.197. The monoisotopic (exact) mass is 391 g/mol. The molecule has 9 nitrogen and oxygen atoms in total. The average Bonchev–Trinajstić information content (AvgIpc) is 3.15. The van der Waals surface area contributed by atoms with Gasteiger partial charge in [-0.05, 0) is 41.6 Å². The second-order valence-corrected chi connectivity index (χ2v) is 6.96. The lowest BCUT2D eigenvalue weighted by Crippen LogP contribution is -2.44. The first-order valence-electron chi connectivity index (χ1n) is 9.30. The van der Waals surface area contributed by atoms with E-state index >= 15 is 0 Å². The summed E-state index contributed by atoms with van der Waals surface area (Å²) in [6.07, 6.45) is 0.228. The lowest BCUT2D eigenvalue weighted by molar-refractivity contribution is -0.118. The van der Waals surface area contributed by atoms with Crippen molar-refractivity contribution in [1.82, 2.24) is 20.2 Å². The summed E-state index contributed by atoms with van der Waals surface area (Å²) in [6.45, 7) is 1.92. The number of nitrogens with zero attached hydrogens (tertiary/aromatic N) is 6. The fraction of sp³-hybridized carbons (Fsp3) is 0.250. The molecule has 0 saturated heterocycles. The van der Waals surface area contributed by atoms with Crippen molar-refractivity contribution >= 4 is 29.1 Å². The van der Waals surface area contributed by atoms with Crippen LogP contribution in [0.2, 0.25) is 0 Å². The van der Waals surface area contributed by atoms with Crippen molar-refractivity contribution < 1.29 is 9.59 Å². The van der Waals surface area contributed by atoms with Gasteiger partial charge in [-0.15, -0.1) is 0 Å². The van der Waals surface area contributed by atoms with Crippen molar-refractivity contribution in [2.75, 3.05) is 28.7 Å². The summed E-state index contributed by atoms with van der Waals surface area (Å²) >= 11 is 0. The van der Waals surface area contributed by atoms with Crippen LogP contribution in [0.4, 0.5) is 17.3 Å². The van der Waals surface area contributed by atoms with Gasteiger partial charge in [-0.1, -0.05) is 35.4 Å². The van der Waals surface area contributed by atoms with E-state index in [1.54, 1.807) is 27.6 Å². The molecule has 4 rings (SSSR count). The Labute approximate surface area is 167 Å². The number of hydrogen-bond donors (Lipinski definition) is 1. The zero-order valence-corrected chi connectivity index (χ0v) is 16.2. The molecule has 1 aromatic heterocycles. The van der Waals surface area contributed by atoms with Crippen molar-refractivity contribution in [3.05, 3.63) is 54.6 Å². The van der Waals surface area contributed by atoms with E-state index < -0.39 is 0 Å². The van der Waals surface area contributed by atoms with Gasteiger partial charge in [0.2, 0.25) is 11.8 Å². The highest BCUT2D eigenvalue weighted by atomic mass is 16.2.